The van der Waals surface area contributed by atoms with Gasteiger partial charge in [-0.3, -0.25) is 0 Å². The molecular formula is C11H20N4O. The molecule has 0 fully saturated rings. The Labute approximate surface area is 96.4 Å². The highest BCUT2D eigenvalue weighted by molar-refractivity contribution is 5.27. The maximum absolute atomic E-state index is 5.41. The van der Waals surface area contributed by atoms with E-state index in [4.69, 9.17) is 10.5 Å². The molecule has 16 heavy (non-hydrogen) atoms. The molecule has 0 aliphatic rings. The molecule has 0 aromatic carbocycles. The first kappa shape index (κ1) is 12.7. The molecule has 0 amide bonds. The monoisotopic (exact) mass is 224 g/mol. The van der Waals surface area contributed by atoms with Crippen LogP contribution in [0.3, 0.4) is 0 Å². The van der Waals surface area contributed by atoms with Crippen LogP contribution in [0.1, 0.15) is 26.2 Å². The van der Waals surface area contributed by atoms with Gasteiger partial charge in [0.15, 0.2) is 0 Å². The molecule has 0 bridgehead atoms. The minimum atomic E-state index is 0.616. The Kier molecular flexibility index (Phi) is 6.25. The molecule has 1 aromatic heterocycles. The van der Waals surface area contributed by atoms with Crippen molar-refractivity contribution in [2.24, 2.45) is 5.73 Å². The lowest BCUT2D eigenvalue weighted by Crippen LogP contribution is -2.08. The van der Waals surface area contributed by atoms with E-state index in [0.717, 1.165) is 32.4 Å². The fraction of sp³-hybridized carbons (Fsp3) is 0.636. The molecule has 5 nitrogen and oxygen atoms in total. The molecule has 0 aliphatic carbocycles. The maximum atomic E-state index is 5.41. The molecule has 0 saturated carbocycles. The number of nitrogens with two attached hydrogens (primary N) is 1. The van der Waals surface area contributed by atoms with Crippen molar-refractivity contribution in [3.05, 3.63) is 12.3 Å². The van der Waals surface area contributed by atoms with Crippen LogP contribution in [0.4, 0.5) is 5.95 Å². The molecule has 0 saturated heterocycles. The summed E-state index contributed by atoms with van der Waals surface area (Å²) in [6.07, 6.45) is 4.71. The third-order valence-electron chi connectivity index (χ3n) is 2.00. The van der Waals surface area contributed by atoms with Crippen LogP contribution in [0.15, 0.2) is 12.3 Å². The number of nitrogens with zero attached hydrogens (tertiary/aromatic N) is 2. The van der Waals surface area contributed by atoms with Crippen LogP contribution in [0.2, 0.25) is 0 Å². The molecule has 5 heteroatoms. The highest BCUT2D eigenvalue weighted by atomic mass is 16.5. The van der Waals surface area contributed by atoms with E-state index < -0.39 is 0 Å². The van der Waals surface area contributed by atoms with Crippen molar-refractivity contribution in [3.8, 4) is 5.88 Å². The third-order valence-corrected chi connectivity index (χ3v) is 2.00. The standard InChI is InChI=1S/C11H20N4O/c1-2-9-16-10-5-8-14-11(15-10)13-7-4-3-6-12/h5,8H,2-4,6-7,9,12H2,1H3,(H,13,14,15). The first-order valence-electron chi connectivity index (χ1n) is 5.76. The molecular weight excluding hydrogens is 204 g/mol. The molecule has 1 rings (SSSR count). The van der Waals surface area contributed by atoms with Crippen molar-refractivity contribution in [1.29, 1.82) is 0 Å². The van der Waals surface area contributed by atoms with Crippen molar-refractivity contribution in [2.45, 2.75) is 26.2 Å². The highest BCUT2D eigenvalue weighted by Crippen LogP contribution is 2.08. The second-order valence-corrected chi connectivity index (χ2v) is 3.49. The van der Waals surface area contributed by atoms with Gasteiger partial charge < -0.3 is 15.8 Å². The van der Waals surface area contributed by atoms with Gasteiger partial charge in [-0.25, -0.2) is 4.98 Å². The summed E-state index contributed by atoms with van der Waals surface area (Å²) in [4.78, 5) is 8.34. The third kappa shape index (κ3) is 4.93. The average molecular weight is 224 g/mol. The minimum Gasteiger partial charge on any atom is -0.478 e. The predicted octanol–water partition coefficient (Wildman–Crippen LogP) is 1.42. The van der Waals surface area contributed by atoms with Crippen LogP contribution in [-0.2, 0) is 0 Å². The summed E-state index contributed by atoms with van der Waals surface area (Å²) in [6, 6.07) is 1.76. The summed E-state index contributed by atoms with van der Waals surface area (Å²) in [7, 11) is 0. The topological polar surface area (TPSA) is 73.1 Å². The Morgan fingerprint density at radius 3 is 3.06 bits per heavy atom. The number of nitrogens with one attached hydrogen (secondary N) is 1. The molecule has 0 atom stereocenters. The lowest BCUT2D eigenvalue weighted by molar-refractivity contribution is 0.305. The Morgan fingerprint density at radius 2 is 2.31 bits per heavy atom. The quantitative estimate of drug-likeness (QED) is 0.653. The summed E-state index contributed by atoms with van der Waals surface area (Å²) in [5.74, 6) is 1.24. The Hall–Kier alpha value is -1.36. The van der Waals surface area contributed by atoms with Gasteiger partial charge in [0, 0.05) is 18.8 Å². The van der Waals surface area contributed by atoms with Gasteiger partial charge in [-0.15, -0.1) is 0 Å². The van der Waals surface area contributed by atoms with E-state index >= 15 is 0 Å². The van der Waals surface area contributed by atoms with Crippen LogP contribution in [0.5, 0.6) is 5.88 Å². The number of unbranched alkanes of at least 4 members (excludes halogenated alkanes) is 1. The van der Waals surface area contributed by atoms with Crippen molar-refractivity contribution >= 4 is 5.95 Å². The molecule has 0 radical (unpaired) electrons. The first-order chi connectivity index (χ1) is 7.86. The fourth-order valence-corrected chi connectivity index (χ4v) is 1.18. The largest absolute Gasteiger partial charge is 0.478 e. The van der Waals surface area contributed by atoms with Crippen LogP contribution >= 0.6 is 0 Å². The van der Waals surface area contributed by atoms with Gasteiger partial charge >= 0.3 is 0 Å². The Balaban J connectivity index is 2.35. The number of hydrogen-bond acceptors (Lipinski definition) is 5. The second-order valence-electron chi connectivity index (χ2n) is 3.49. The van der Waals surface area contributed by atoms with Crippen LogP contribution in [0, 0.1) is 0 Å². The minimum absolute atomic E-state index is 0.616. The summed E-state index contributed by atoms with van der Waals surface area (Å²) in [5.41, 5.74) is 5.41. The van der Waals surface area contributed by atoms with Gasteiger partial charge in [0.25, 0.3) is 0 Å². The van der Waals surface area contributed by atoms with E-state index in [1.165, 1.54) is 0 Å². The summed E-state index contributed by atoms with van der Waals surface area (Å²) in [5, 5.41) is 3.14. The number of rotatable bonds is 8. The smallest absolute Gasteiger partial charge is 0.225 e. The summed E-state index contributed by atoms with van der Waals surface area (Å²) in [6.45, 7) is 4.31. The molecule has 3 N–H and O–H groups in total. The zero-order valence-corrected chi connectivity index (χ0v) is 9.78. The predicted molar refractivity (Wildman–Crippen MR) is 64.6 cm³/mol. The van der Waals surface area contributed by atoms with Gasteiger partial charge in [-0.1, -0.05) is 6.92 Å². The Bertz CT molecular complexity index is 293. The lowest BCUT2D eigenvalue weighted by Gasteiger charge is -2.06. The number of aromatic nitrogens is 2. The van der Waals surface area contributed by atoms with Gasteiger partial charge in [-0.2, -0.15) is 4.98 Å². The van der Waals surface area contributed by atoms with Crippen molar-refractivity contribution in [2.75, 3.05) is 25.0 Å². The molecule has 1 aromatic rings. The van der Waals surface area contributed by atoms with Crippen LogP contribution < -0.4 is 15.8 Å². The SMILES string of the molecule is CCCOc1ccnc(NCCCCN)n1. The zero-order chi connectivity index (χ0) is 11.6. The molecule has 0 unspecified atom stereocenters. The second kappa shape index (κ2) is 7.87. The molecule has 90 valence electrons. The normalized spacial score (nSPS) is 10.1. The number of anilines is 1. The summed E-state index contributed by atoms with van der Waals surface area (Å²) >= 11 is 0. The average Bonchev–Trinajstić information content (AvgIpc) is 2.33. The van der Waals surface area contributed by atoms with E-state index in [1.54, 1.807) is 12.3 Å². The van der Waals surface area contributed by atoms with Gasteiger partial charge in [0.05, 0.1) is 6.61 Å². The molecule has 0 spiro atoms. The van der Waals surface area contributed by atoms with Gasteiger partial charge in [-0.05, 0) is 25.8 Å². The molecule has 0 aliphatic heterocycles. The first-order valence-corrected chi connectivity index (χ1v) is 5.76. The zero-order valence-electron chi connectivity index (χ0n) is 9.78. The van der Waals surface area contributed by atoms with E-state index in [1.807, 2.05) is 0 Å². The maximum Gasteiger partial charge on any atom is 0.225 e. The lowest BCUT2D eigenvalue weighted by atomic mass is 10.3. The number of ether oxygens (including phenoxy) is 1. The van der Waals surface area contributed by atoms with E-state index in [-0.39, 0.29) is 0 Å². The fourth-order valence-electron chi connectivity index (χ4n) is 1.18. The van der Waals surface area contributed by atoms with E-state index in [0.29, 0.717) is 18.4 Å². The number of hydrogen-bond donors (Lipinski definition) is 2. The van der Waals surface area contributed by atoms with E-state index in [2.05, 4.69) is 22.2 Å². The van der Waals surface area contributed by atoms with E-state index in [9.17, 15) is 0 Å². The Morgan fingerprint density at radius 1 is 1.44 bits per heavy atom. The molecule has 1 heterocycles. The van der Waals surface area contributed by atoms with Crippen LogP contribution in [-0.4, -0.2) is 29.7 Å². The van der Waals surface area contributed by atoms with Crippen molar-refractivity contribution in [1.82, 2.24) is 9.97 Å². The van der Waals surface area contributed by atoms with Crippen LogP contribution in [0.25, 0.3) is 0 Å². The van der Waals surface area contributed by atoms with Crippen molar-refractivity contribution < 1.29 is 4.74 Å². The van der Waals surface area contributed by atoms with Crippen molar-refractivity contribution in [3.63, 3.8) is 0 Å². The van der Waals surface area contributed by atoms with Gasteiger partial charge in [0.2, 0.25) is 11.8 Å². The van der Waals surface area contributed by atoms with Gasteiger partial charge in [0.1, 0.15) is 0 Å². The highest BCUT2D eigenvalue weighted by Gasteiger charge is 1.98. The summed E-state index contributed by atoms with van der Waals surface area (Å²) < 4.78 is 5.41.